The fourth-order valence-corrected chi connectivity index (χ4v) is 6.80. The minimum absolute atomic E-state index is 0.209. The van der Waals surface area contributed by atoms with E-state index >= 15 is 0 Å². The topological polar surface area (TPSA) is 146 Å². The van der Waals surface area contributed by atoms with Crippen molar-refractivity contribution in [1.82, 2.24) is 4.72 Å². The lowest BCUT2D eigenvalue weighted by molar-refractivity contribution is -0.231. The number of benzene rings is 2. The molecule has 0 spiro atoms. The first-order chi connectivity index (χ1) is 18.2. The number of hydrogen-bond donors (Lipinski definition) is 5. The van der Waals surface area contributed by atoms with Gasteiger partial charge < -0.3 is 29.9 Å². The molecule has 0 radical (unpaired) electrons. The van der Waals surface area contributed by atoms with Crippen LogP contribution >= 0.6 is 11.6 Å². The van der Waals surface area contributed by atoms with Crippen molar-refractivity contribution in [3.05, 3.63) is 64.2 Å². The first-order valence-electron chi connectivity index (χ1n) is 13.0. The van der Waals surface area contributed by atoms with Crippen LogP contribution in [0.5, 0.6) is 5.75 Å². The fraction of sp³-hybridized carbons (Fsp3) is 0.556. The monoisotopic (exact) mass is 569 g/mol. The minimum Gasteiger partial charge on any atom is -0.492 e. The molecule has 0 unspecified atom stereocenters. The van der Waals surface area contributed by atoms with E-state index in [2.05, 4.69) is 4.72 Å². The summed E-state index contributed by atoms with van der Waals surface area (Å²) in [6, 6.07) is 12.5. The van der Waals surface area contributed by atoms with Crippen LogP contribution in [0, 0.1) is 0 Å². The second-order valence-corrected chi connectivity index (χ2v) is 12.4. The van der Waals surface area contributed by atoms with E-state index in [9.17, 15) is 28.8 Å². The number of ether oxygens (including phenoxy) is 2. The Labute approximate surface area is 228 Å². The van der Waals surface area contributed by atoms with Gasteiger partial charge in [-0.05, 0) is 54.2 Å². The van der Waals surface area contributed by atoms with Gasteiger partial charge in [-0.2, -0.15) is 0 Å². The number of sulfonamides is 1. The molecule has 0 amide bonds. The highest BCUT2D eigenvalue weighted by Gasteiger charge is 2.44. The fourth-order valence-electron chi connectivity index (χ4n) is 5.05. The minimum atomic E-state index is -3.31. The summed E-state index contributed by atoms with van der Waals surface area (Å²) < 4.78 is 38.9. The quantitative estimate of drug-likeness (QED) is 0.273. The molecule has 2 aromatic carbocycles. The summed E-state index contributed by atoms with van der Waals surface area (Å²) in [6.45, 7) is -0.0675. The lowest BCUT2D eigenvalue weighted by Crippen LogP contribution is -2.55. The van der Waals surface area contributed by atoms with Crippen LogP contribution in [0.1, 0.15) is 54.9 Å². The van der Waals surface area contributed by atoms with Crippen LogP contribution in [-0.2, 0) is 21.2 Å². The largest absolute Gasteiger partial charge is 0.492 e. The first-order valence-corrected chi connectivity index (χ1v) is 14.9. The summed E-state index contributed by atoms with van der Waals surface area (Å²) in [4.78, 5) is 0. The SMILES string of the molecule is O=S(=O)(NCCOc1ccc(Cc2cc([C@@H]3O[C@H](CO)[C@@H](O)[C@H](O)[C@H]3O)ccc2Cl)cc1)C1CCCCC1. The standard InChI is InChI=1S/C27H36ClNO8S/c28-22-11-8-18(27-26(33)25(32)24(31)23(16-30)37-27)15-19(22)14-17-6-9-20(10-7-17)36-13-12-29-38(34,35)21-4-2-1-3-5-21/h6-11,15,21,23-27,29-33H,1-5,12-14,16H2/t23-,24-,25+,26-,27+/m1/s1. The molecular formula is C27H36ClNO8S. The van der Waals surface area contributed by atoms with Gasteiger partial charge in [-0.3, -0.25) is 0 Å². The Hall–Kier alpha value is -1.76. The average molecular weight is 570 g/mol. The maximum absolute atomic E-state index is 12.4. The maximum Gasteiger partial charge on any atom is 0.214 e. The average Bonchev–Trinajstić information content (AvgIpc) is 2.93. The van der Waals surface area contributed by atoms with Gasteiger partial charge in [-0.15, -0.1) is 0 Å². The Kier molecular flexibility index (Phi) is 10.0. The van der Waals surface area contributed by atoms with E-state index in [1.165, 1.54) is 0 Å². The number of hydrogen-bond acceptors (Lipinski definition) is 8. The predicted molar refractivity (Wildman–Crippen MR) is 143 cm³/mol. The van der Waals surface area contributed by atoms with Gasteiger partial charge in [0.25, 0.3) is 0 Å². The maximum atomic E-state index is 12.4. The lowest BCUT2D eigenvalue weighted by atomic mass is 9.90. The molecule has 2 aromatic rings. The van der Waals surface area contributed by atoms with Gasteiger partial charge in [0.05, 0.1) is 11.9 Å². The van der Waals surface area contributed by atoms with E-state index in [4.69, 9.17) is 21.1 Å². The van der Waals surface area contributed by atoms with Crippen LogP contribution in [-0.4, -0.2) is 78.3 Å². The Morgan fingerprint density at radius 3 is 2.37 bits per heavy atom. The van der Waals surface area contributed by atoms with Crippen LogP contribution in [0.25, 0.3) is 0 Å². The number of halogens is 1. The molecule has 0 bridgehead atoms. The van der Waals surface area contributed by atoms with Crippen LogP contribution < -0.4 is 9.46 Å². The highest BCUT2D eigenvalue weighted by atomic mass is 35.5. The van der Waals surface area contributed by atoms with E-state index < -0.39 is 47.2 Å². The summed E-state index contributed by atoms with van der Waals surface area (Å²) in [5, 5.41) is 40.3. The molecule has 4 rings (SSSR count). The summed E-state index contributed by atoms with van der Waals surface area (Å²) in [5.74, 6) is 0.617. The Morgan fingerprint density at radius 2 is 1.68 bits per heavy atom. The summed E-state index contributed by atoms with van der Waals surface area (Å²) in [6.07, 6.45) is -1.26. The molecule has 2 aliphatic rings. The summed E-state index contributed by atoms with van der Waals surface area (Å²) in [7, 11) is -3.31. The highest BCUT2D eigenvalue weighted by molar-refractivity contribution is 7.90. The van der Waals surface area contributed by atoms with Gasteiger partial charge in [0, 0.05) is 11.6 Å². The second-order valence-electron chi connectivity index (χ2n) is 9.97. The van der Waals surface area contributed by atoms with Gasteiger partial charge in [-0.25, -0.2) is 13.1 Å². The van der Waals surface area contributed by atoms with Crippen molar-refractivity contribution in [2.75, 3.05) is 19.8 Å². The Bertz CT molecular complexity index is 1150. The summed E-state index contributed by atoms with van der Waals surface area (Å²) >= 11 is 6.42. The third-order valence-corrected chi connectivity index (χ3v) is 9.60. The van der Waals surface area contributed by atoms with E-state index in [-0.39, 0.29) is 18.4 Å². The number of aliphatic hydroxyl groups is 4. The van der Waals surface area contributed by atoms with Crippen molar-refractivity contribution < 1.29 is 38.3 Å². The second kappa shape index (κ2) is 13.1. The van der Waals surface area contributed by atoms with Crippen LogP contribution in [0.15, 0.2) is 42.5 Å². The molecule has 38 heavy (non-hydrogen) atoms. The van der Waals surface area contributed by atoms with Gasteiger partial charge in [0.15, 0.2) is 0 Å². The van der Waals surface area contributed by atoms with Crippen molar-refractivity contribution >= 4 is 21.6 Å². The third-order valence-electron chi connectivity index (χ3n) is 7.27. The van der Waals surface area contributed by atoms with E-state index in [0.717, 1.165) is 30.4 Å². The zero-order valence-electron chi connectivity index (χ0n) is 21.1. The molecule has 0 aromatic heterocycles. The van der Waals surface area contributed by atoms with Crippen molar-refractivity contribution in [1.29, 1.82) is 0 Å². The van der Waals surface area contributed by atoms with Crippen molar-refractivity contribution in [2.24, 2.45) is 0 Å². The van der Waals surface area contributed by atoms with Crippen molar-refractivity contribution in [3.8, 4) is 5.75 Å². The molecule has 210 valence electrons. The molecule has 11 heteroatoms. The van der Waals surface area contributed by atoms with E-state index in [0.29, 0.717) is 35.6 Å². The van der Waals surface area contributed by atoms with Crippen LogP contribution in [0.2, 0.25) is 5.02 Å². The molecule has 1 saturated carbocycles. The Balaban J connectivity index is 1.33. The molecule has 5 atom stereocenters. The zero-order valence-corrected chi connectivity index (χ0v) is 22.7. The molecular weight excluding hydrogens is 534 g/mol. The number of nitrogens with one attached hydrogen (secondary N) is 1. The molecule has 2 fully saturated rings. The number of rotatable bonds is 10. The molecule has 1 saturated heterocycles. The predicted octanol–water partition coefficient (Wildman–Crippen LogP) is 2.08. The molecule has 1 aliphatic carbocycles. The van der Waals surface area contributed by atoms with Gasteiger partial charge in [0.2, 0.25) is 10.0 Å². The highest BCUT2D eigenvalue weighted by Crippen LogP contribution is 2.34. The van der Waals surface area contributed by atoms with Gasteiger partial charge in [0.1, 0.15) is 42.9 Å². The van der Waals surface area contributed by atoms with Gasteiger partial charge >= 0.3 is 0 Å². The van der Waals surface area contributed by atoms with Crippen molar-refractivity contribution in [3.63, 3.8) is 0 Å². The van der Waals surface area contributed by atoms with E-state index in [1.54, 1.807) is 30.3 Å². The normalized spacial score (nSPS) is 26.8. The Morgan fingerprint density at radius 1 is 0.974 bits per heavy atom. The van der Waals surface area contributed by atoms with Gasteiger partial charge in [-0.1, -0.05) is 55.1 Å². The smallest absolute Gasteiger partial charge is 0.214 e. The van der Waals surface area contributed by atoms with E-state index in [1.807, 2.05) is 12.1 Å². The zero-order chi connectivity index (χ0) is 27.3. The molecule has 1 aliphatic heterocycles. The molecule has 1 heterocycles. The van der Waals surface area contributed by atoms with Crippen LogP contribution in [0.4, 0.5) is 0 Å². The lowest BCUT2D eigenvalue weighted by Gasteiger charge is -2.40. The summed E-state index contributed by atoms with van der Waals surface area (Å²) in [5.41, 5.74) is 2.28. The third kappa shape index (κ3) is 7.05. The molecule has 9 nitrogen and oxygen atoms in total. The van der Waals surface area contributed by atoms with Crippen molar-refractivity contribution in [2.45, 2.75) is 74.3 Å². The number of aliphatic hydroxyl groups excluding tert-OH is 4. The molecule has 5 N–H and O–H groups in total. The first kappa shape index (κ1) is 29.2. The van der Waals surface area contributed by atoms with Crippen LogP contribution in [0.3, 0.4) is 0 Å².